The molecule has 1 atom stereocenters. The third-order valence-corrected chi connectivity index (χ3v) is 6.32. The van der Waals surface area contributed by atoms with Crippen molar-refractivity contribution in [3.8, 4) is 6.07 Å². The first kappa shape index (κ1) is 18.6. The Morgan fingerprint density at radius 1 is 1.27 bits per heavy atom. The van der Waals surface area contributed by atoms with Gasteiger partial charge in [-0.25, -0.2) is 4.99 Å². The van der Waals surface area contributed by atoms with Crippen molar-refractivity contribution in [2.45, 2.75) is 47.0 Å². The molecule has 2 nitrogen and oxygen atoms in total. The van der Waals surface area contributed by atoms with E-state index in [2.05, 4.69) is 50.0 Å². The van der Waals surface area contributed by atoms with Crippen molar-refractivity contribution in [3.63, 3.8) is 0 Å². The Hall–Kier alpha value is -2.18. The Labute approximate surface area is 160 Å². The number of benzene rings is 1. The molecule has 3 heteroatoms. The lowest BCUT2D eigenvalue weighted by Crippen LogP contribution is -2.26. The van der Waals surface area contributed by atoms with Crippen molar-refractivity contribution >= 4 is 28.6 Å². The predicted octanol–water partition coefficient (Wildman–Crippen LogP) is 6.58. The molecule has 1 aliphatic carbocycles. The first-order valence-electron chi connectivity index (χ1n) is 9.20. The molecule has 0 bridgehead atoms. The number of hydrogen-bond donors (Lipinski definition) is 0. The van der Waals surface area contributed by atoms with E-state index in [1.807, 2.05) is 31.3 Å². The van der Waals surface area contributed by atoms with Gasteiger partial charge >= 0.3 is 0 Å². The van der Waals surface area contributed by atoms with Crippen LogP contribution in [0.3, 0.4) is 0 Å². The Balaban J connectivity index is 1.85. The second-order valence-corrected chi connectivity index (χ2v) is 9.24. The molecule has 2 aromatic rings. The summed E-state index contributed by atoms with van der Waals surface area (Å²) in [6.45, 7) is 9.00. The molecule has 0 radical (unpaired) electrons. The average Bonchev–Trinajstić information content (AvgIpc) is 2.96. The Morgan fingerprint density at radius 3 is 2.65 bits per heavy atom. The zero-order valence-corrected chi connectivity index (χ0v) is 16.9. The third kappa shape index (κ3) is 4.14. The van der Waals surface area contributed by atoms with Crippen LogP contribution in [0.1, 0.15) is 55.7 Å². The van der Waals surface area contributed by atoms with E-state index < -0.39 is 0 Å². The van der Waals surface area contributed by atoms with Crippen LogP contribution in [-0.4, -0.2) is 6.21 Å². The van der Waals surface area contributed by atoms with Gasteiger partial charge in [-0.05, 0) is 54.2 Å². The highest BCUT2D eigenvalue weighted by atomic mass is 32.1. The maximum absolute atomic E-state index is 9.66. The fourth-order valence-electron chi connectivity index (χ4n) is 3.53. The SMILES string of the molecule is C/C(C=Nc1sc2c(c1C#N)CC[C@H](C(C)(C)C)C2)=C\c1ccccc1. The molecular formula is C23H26N2S. The van der Waals surface area contributed by atoms with Crippen LogP contribution in [0.2, 0.25) is 0 Å². The lowest BCUT2D eigenvalue weighted by atomic mass is 9.72. The molecule has 1 heterocycles. The first-order valence-corrected chi connectivity index (χ1v) is 10.0. The molecule has 0 amide bonds. The lowest BCUT2D eigenvalue weighted by Gasteiger charge is -2.33. The fraction of sp³-hybridized carbons (Fsp3) is 0.391. The van der Waals surface area contributed by atoms with Crippen molar-refractivity contribution in [2.24, 2.45) is 16.3 Å². The van der Waals surface area contributed by atoms with Gasteiger partial charge in [0.05, 0.1) is 5.56 Å². The minimum absolute atomic E-state index is 0.312. The van der Waals surface area contributed by atoms with Crippen LogP contribution in [0, 0.1) is 22.7 Å². The maximum Gasteiger partial charge on any atom is 0.134 e. The molecular weight excluding hydrogens is 336 g/mol. The summed E-state index contributed by atoms with van der Waals surface area (Å²) < 4.78 is 0. The molecule has 0 unspecified atom stereocenters. The van der Waals surface area contributed by atoms with E-state index in [1.54, 1.807) is 11.3 Å². The minimum atomic E-state index is 0.312. The van der Waals surface area contributed by atoms with Gasteiger partial charge in [-0.15, -0.1) is 11.3 Å². The zero-order valence-electron chi connectivity index (χ0n) is 16.0. The molecule has 0 saturated heterocycles. The van der Waals surface area contributed by atoms with E-state index in [4.69, 9.17) is 0 Å². The number of allylic oxidation sites excluding steroid dienone is 1. The third-order valence-electron chi connectivity index (χ3n) is 5.16. The lowest BCUT2D eigenvalue weighted by molar-refractivity contribution is 0.218. The highest BCUT2D eigenvalue weighted by Gasteiger charge is 2.32. The first-order chi connectivity index (χ1) is 12.4. The molecule has 0 fully saturated rings. The van der Waals surface area contributed by atoms with Crippen molar-refractivity contribution in [3.05, 3.63) is 57.5 Å². The van der Waals surface area contributed by atoms with Crippen molar-refractivity contribution < 1.29 is 0 Å². The molecule has 1 aromatic heterocycles. The second kappa shape index (κ2) is 7.60. The van der Waals surface area contributed by atoms with E-state index in [0.29, 0.717) is 11.3 Å². The molecule has 0 spiro atoms. The fourth-order valence-corrected chi connectivity index (χ4v) is 4.75. The van der Waals surface area contributed by atoms with Gasteiger partial charge in [-0.2, -0.15) is 5.26 Å². The summed E-state index contributed by atoms with van der Waals surface area (Å²) in [4.78, 5) is 6.03. The highest BCUT2D eigenvalue weighted by molar-refractivity contribution is 7.16. The van der Waals surface area contributed by atoms with Crippen LogP contribution in [0.25, 0.3) is 6.08 Å². The Morgan fingerprint density at radius 2 is 2.00 bits per heavy atom. The number of hydrogen-bond acceptors (Lipinski definition) is 3. The summed E-state index contributed by atoms with van der Waals surface area (Å²) in [5.41, 5.74) is 4.60. The van der Waals surface area contributed by atoms with E-state index in [9.17, 15) is 5.26 Å². The molecule has 26 heavy (non-hydrogen) atoms. The van der Waals surface area contributed by atoms with E-state index in [1.165, 1.54) is 10.4 Å². The van der Waals surface area contributed by atoms with E-state index in [-0.39, 0.29) is 0 Å². The number of fused-ring (bicyclic) bond motifs is 1. The quantitative estimate of drug-likeness (QED) is 0.568. The molecule has 0 N–H and O–H groups in total. The van der Waals surface area contributed by atoms with Crippen molar-refractivity contribution in [2.75, 3.05) is 0 Å². The maximum atomic E-state index is 9.66. The molecule has 1 aromatic carbocycles. The van der Waals surface area contributed by atoms with Crippen molar-refractivity contribution in [1.82, 2.24) is 0 Å². The van der Waals surface area contributed by atoms with Crippen LogP contribution in [-0.2, 0) is 12.8 Å². The van der Waals surface area contributed by atoms with Gasteiger partial charge in [0.1, 0.15) is 11.1 Å². The Kier molecular flexibility index (Phi) is 5.44. The van der Waals surface area contributed by atoms with Crippen LogP contribution in [0.5, 0.6) is 0 Å². The average molecular weight is 363 g/mol. The second-order valence-electron chi connectivity index (χ2n) is 8.16. The summed E-state index contributed by atoms with van der Waals surface area (Å²) in [6.07, 6.45) is 7.24. The molecule has 3 rings (SSSR count). The topological polar surface area (TPSA) is 36.1 Å². The zero-order chi connectivity index (χ0) is 18.7. The number of aliphatic imine (C=N–C) groups is 1. The van der Waals surface area contributed by atoms with Gasteiger partial charge in [0.15, 0.2) is 0 Å². The summed E-state index contributed by atoms with van der Waals surface area (Å²) in [5, 5.41) is 10.5. The van der Waals surface area contributed by atoms with Gasteiger partial charge in [0, 0.05) is 11.1 Å². The highest BCUT2D eigenvalue weighted by Crippen LogP contribution is 2.44. The van der Waals surface area contributed by atoms with E-state index >= 15 is 0 Å². The minimum Gasteiger partial charge on any atom is -0.244 e. The predicted molar refractivity (Wildman–Crippen MR) is 112 cm³/mol. The van der Waals surface area contributed by atoms with Crippen LogP contribution in [0.4, 0.5) is 5.00 Å². The normalized spacial score (nSPS) is 18.0. The largest absolute Gasteiger partial charge is 0.244 e. The molecule has 0 aliphatic heterocycles. The van der Waals surface area contributed by atoms with Crippen LogP contribution >= 0.6 is 11.3 Å². The number of thiophene rings is 1. The monoisotopic (exact) mass is 362 g/mol. The molecule has 134 valence electrons. The van der Waals surface area contributed by atoms with Gasteiger partial charge in [-0.1, -0.05) is 57.2 Å². The standard InChI is InChI=1S/C23H26N2S/c1-16(12-17-8-6-5-7-9-17)15-25-22-20(14-24)19-11-10-18(23(2,3)4)13-21(19)26-22/h5-9,12,15,18H,10-11,13H2,1-4H3/b16-12+,25-15?/t18-/m0/s1. The smallest absolute Gasteiger partial charge is 0.134 e. The molecule has 1 aliphatic rings. The summed E-state index contributed by atoms with van der Waals surface area (Å²) >= 11 is 1.71. The van der Waals surface area contributed by atoms with Gasteiger partial charge < -0.3 is 0 Å². The Bertz CT molecular complexity index is 873. The molecule has 0 saturated carbocycles. The van der Waals surface area contributed by atoms with Gasteiger partial charge in [0.2, 0.25) is 0 Å². The number of nitrogens with zero attached hydrogens (tertiary/aromatic N) is 2. The number of nitriles is 1. The summed E-state index contributed by atoms with van der Waals surface area (Å²) in [7, 11) is 0. The van der Waals surface area contributed by atoms with E-state index in [0.717, 1.165) is 41.0 Å². The number of rotatable bonds is 3. The summed E-state index contributed by atoms with van der Waals surface area (Å²) in [6, 6.07) is 12.6. The van der Waals surface area contributed by atoms with Crippen LogP contribution < -0.4 is 0 Å². The van der Waals surface area contributed by atoms with Gasteiger partial charge in [0.25, 0.3) is 0 Å². The van der Waals surface area contributed by atoms with Crippen LogP contribution in [0.15, 0.2) is 40.9 Å². The summed E-state index contributed by atoms with van der Waals surface area (Å²) in [5.74, 6) is 0.678. The van der Waals surface area contributed by atoms with Crippen molar-refractivity contribution in [1.29, 1.82) is 5.26 Å². The van der Waals surface area contributed by atoms with Gasteiger partial charge in [-0.3, -0.25) is 0 Å².